The van der Waals surface area contributed by atoms with Gasteiger partial charge in [0.05, 0.1) is 11.6 Å². The van der Waals surface area contributed by atoms with Crippen LogP contribution in [-0.4, -0.2) is 5.78 Å². The van der Waals surface area contributed by atoms with Gasteiger partial charge in [0.25, 0.3) is 0 Å². The van der Waals surface area contributed by atoms with E-state index in [-0.39, 0.29) is 17.3 Å². The van der Waals surface area contributed by atoms with Crippen molar-refractivity contribution in [3.8, 4) is 6.07 Å². The Bertz CT molecular complexity index is 512. The summed E-state index contributed by atoms with van der Waals surface area (Å²) in [6, 6.07) is 6.23. The zero-order valence-electron chi connectivity index (χ0n) is 9.37. The minimum Gasteiger partial charge on any atom is -0.298 e. The largest absolute Gasteiger partial charge is 0.416 e. The highest BCUT2D eigenvalue weighted by molar-refractivity contribution is 5.92. The van der Waals surface area contributed by atoms with Gasteiger partial charge in [0.1, 0.15) is 5.92 Å². The Labute approximate surface area is 102 Å². The van der Waals surface area contributed by atoms with E-state index in [1.54, 1.807) is 6.07 Å². The van der Waals surface area contributed by atoms with Gasteiger partial charge in [-0.15, -0.1) is 0 Å². The summed E-state index contributed by atoms with van der Waals surface area (Å²) in [6.07, 6.45) is -3.00. The molecular weight excluding hydrogens is 243 g/mol. The Hall–Kier alpha value is -1.83. The first kappa shape index (κ1) is 12.6. The van der Waals surface area contributed by atoms with Gasteiger partial charge in [-0.25, -0.2) is 0 Å². The van der Waals surface area contributed by atoms with Crippen molar-refractivity contribution in [1.82, 2.24) is 0 Å². The van der Waals surface area contributed by atoms with Gasteiger partial charge in [-0.3, -0.25) is 4.79 Å². The summed E-state index contributed by atoms with van der Waals surface area (Å²) in [6.45, 7) is 0. The molecule has 2 rings (SSSR count). The van der Waals surface area contributed by atoms with Crippen molar-refractivity contribution >= 4 is 5.78 Å². The molecule has 1 atom stereocenters. The number of alkyl halides is 3. The number of halogens is 3. The highest BCUT2D eigenvalue weighted by atomic mass is 19.4. The molecule has 1 aliphatic carbocycles. The van der Waals surface area contributed by atoms with Gasteiger partial charge in [0.15, 0.2) is 5.78 Å². The first-order valence-electron chi connectivity index (χ1n) is 5.54. The SMILES string of the molecule is N#CC(C(=O)C1CC1)c1cccc(C(F)(F)F)c1. The molecule has 0 saturated heterocycles. The fraction of sp³-hybridized carbons (Fsp3) is 0.385. The molecule has 1 aliphatic rings. The van der Waals surface area contributed by atoms with Crippen molar-refractivity contribution in [1.29, 1.82) is 5.26 Å². The number of nitriles is 1. The molecule has 0 bridgehead atoms. The summed E-state index contributed by atoms with van der Waals surface area (Å²) in [5, 5.41) is 8.97. The fourth-order valence-corrected chi connectivity index (χ4v) is 1.80. The second-order valence-electron chi connectivity index (χ2n) is 4.36. The van der Waals surface area contributed by atoms with Gasteiger partial charge in [-0.05, 0) is 24.5 Å². The van der Waals surface area contributed by atoms with Crippen LogP contribution in [0.1, 0.15) is 29.9 Å². The van der Waals surface area contributed by atoms with Crippen LogP contribution < -0.4 is 0 Å². The van der Waals surface area contributed by atoms with Crippen LogP contribution in [0.2, 0.25) is 0 Å². The zero-order valence-corrected chi connectivity index (χ0v) is 9.37. The summed E-state index contributed by atoms with van der Waals surface area (Å²) in [5.74, 6) is -1.50. The molecule has 0 spiro atoms. The van der Waals surface area contributed by atoms with E-state index in [9.17, 15) is 18.0 Å². The fourth-order valence-electron chi connectivity index (χ4n) is 1.80. The van der Waals surface area contributed by atoms with Crippen LogP contribution in [0.25, 0.3) is 0 Å². The quantitative estimate of drug-likeness (QED) is 0.829. The van der Waals surface area contributed by atoms with Crippen molar-refractivity contribution in [2.24, 2.45) is 5.92 Å². The van der Waals surface area contributed by atoms with Crippen LogP contribution in [0.4, 0.5) is 13.2 Å². The normalized spacial score (nSPS) is 17.0. The molecule has 0 radical (unpaired) electrons. The predicted molar refractivity (Wildman–Crippen MR) is 57.5 cm³/mol. The summed E-state index contributed by atoms with van der Waals surface area (Å²) >= 11 is 0. The second-order valence-corrected chi connectivity index (χ2v) is 4.36. The molecule has 1 aromatic rings. The predicted octanol–water partition coefficient (Wildman–Crippen LogP) is 3.29. The molecule has 94 valence electrons. The van der Waals surface area contributed by atoms with E-state index in [1.165, 1.54) is 12.1 Å². The number of hydrogen-bond acceptors (Lipinski definition) is 2. The van der Waals surface area contributed by atoms with Crippen LogP contribution in [0.5, 0.6) is 0 Å². The molecule has 1 aromatic carbocycles. The van der Waals surface area contributed by atoms with Crippen molar-refractivity contribution in [2.75, 3.05) is 0 Å². The van der Waals surface area contributed by atoms with Gasteiger partial charge in [0, 0.05) is 5.92 Å². The average Bonchev–Trinajstić information content (AvgIpc) is 3.13. The van der Waals surface area contributed by atoms with Crippen molar-refractivity contribution < 1.29 is 18.0 Å². The summed E-state index contributed by atoms with van der Waals surface area (Å²) in [7, 11) is 0. The summed E-state index contributed by atoms with van der Waals surface area (Å²) < 4.78 is 37.6. The third-order valence-corrected chi connectivity index (χ3v) is 2.94. The maximum atomic E-state index is 12.5. The Kier molecular flexibility index (Phi) is 3.12. The van der Waals surface area contributed by atoms with E-state index in [1.807, 2.05) is 0 Å². The lowest BCUT2D eigenvalue weighted by Gasteiger charge is -2.11. The van der Waals surface area contributed by atoms with Gasteiger partial charge in [0.2, 0.25) is 0 Å². The number of Topliss-reactive ketones (excluding diaryl/α,β-unsaturated/α-hetero) is 1. The van der Waals surface area contributed by atoms with Gasteiger partial charge in [-0.1, -0.05) is 18.2 Å². The van der Waals surface area contributed by atoms with E-state index in [2.05, 4.69) is 0 Å². The molecule has 0 N–H and O–H groups in total. The van der Waals surface area contributed by atoms with Crippen LogP contribution in [0.15, 0.2) is 24.3 Å². The Morgan fingerprint density at radius 3 is 2.56 bits per heavy atom. The van der Waals surface area contributed by atoms with E-state index >= 15 is 0 Å². The van der Waals surface area contributed by atoms with E-state index < -0.39 is 17.7 Å². The van der Waals surface area contributed by atoms with Crippen LogP contribution >= 0.6 is 0 Å². The molecule has 1 unspecified atom stereocenters. The molecule has 0 heterocycles. The Balaban J connectivity index is 2.32. The molecule has 0 aliphatic heterocycles. The number of hydrogen-bond donors (Lipinski definition) is 0. The number of rotatable bonds is 3. The number of benzene rings is 1. The highest BCUT2D eigenvalue weighted by Gasteiger charge is 2.37. The first-order valence-corrected chi connectivity index (χ1v) is 5.54. The monoisotopic (exact) mass is 253 g/mol. The smallest absolute Gasteiger partial charge is 0.298 e. The van der Waals surface area contributed by atoms with E-state index in [0.717, 1.165) is 25.0 Å². The molecule has 1 saturated carbocycles. The van der Waals surface area contributed by atoms with Crippen LogP contribution in [0.3, 0.4) is 0 Å². The third kappa shape index (κ3) is 2.53. The summed E-state index contributed by atoms with van der Waals surface area (Å²) in [5.41, 5.74) is -0.701. The maximum Gasteiger partial charge on any atom is 0.416 e. The van der Waals surface area contributed by atoms with Crippen molar-refractivity contribution in [2.45, 2.75) is 24.9 Å². The molecule has 18 heavy (non-hydrogen) atoms. The number of carbonyl (C=O) groups is 1. The highest BCUT2D eigenvalue weighted by Crippen LogP contribution is 2.37. The van der Waals surface area contributed by atoms with Gasteiger partial charge < -0.3 is 0 Å². The summed E-state index contributed by atoms with van der Waals surface area (Å²) in [4.78, 5) is 11.8. The van der Waals surface area contributed by atoms with Gasteiger partial charge in [-0.2, -0.15) is 18.4 Å². The minimum absolute atomic E-state index is 0.129. The van der Waals surface area contributed by atoms with E-state index in [4.69, 9.17) is 5.26 Å². The van der Waals surface area contributed by atoms with E-state index in [0.29, 0.717) is 0 Å². The maximum absolute atomic E-state index is 12.5. The lowest BCUT2D eigenvalue weighted by Crippen LogP contribution is -2.14. The van der Waals surface area contributed by atoms with Crippen molar-refractivity contribution in [3.63, 3.8) is 0 Å². The molecule has 2 nitrogen and oxygen atoms in total. The Morgan fingerprint density at radius 1 is 1.39 bits per heavy atom. The van der Waals surface area contributed by atoms with Gasteiger partial charge >= 0.3 is 6.18 Å². The van der Waals surface area contributed by atoms with Crippen molar-refractivity contribution in [3.05, 3.63) is 35.4 Å². The van der Waals surface area contributed by atoms with Crippen LogP contribution in [0, 0.1) is 17.2 Å². The lowest BCUT2D eigenvalue weighted by molar-refractivity contribution is -0.137. The number of ketones is 1. The molecular formula is C13H10F3NO. The minimum atomic E-state index is -4.46. The second kappa shape index (κ2) is 4.45. The molecule has 0 aromatic heterocycles. The standard InChI is InChI=1S/C13H10F3NO/c14-13(15,16)10-3-1-2-9(6-10)11(7-17)12(18)8-4-5-8/h1-3,6,8,11H,4-5H2. The number of carbonyl (C=O) groups excluding carboxylic acids is 1. The molecule has 1 fully saturated rings. The lowest BCUT2D eigenvalue weighted by atomic mass is 9.92. The molecule has 5 heteroatoms. The zero-order chi connectivity index (χ0) is 13.3. The third-order valence-electron chi connectivity index (χ3n) is 2.94. The molecule has 0 amide bonds. The average molecular weight is 253 g/mol. The Morgan fingerprint density at radius 2 is 2.06 bits per heavy atom. The first-order chi connectivity index (χ1) is 8.43. The van der Waals surface area contributed by atoms with Crippen LogP contribution in [-0.2, 0) is 11.0 Å². The topological polar surface area (TPSA) is 40.9 Å². The number of nitrogens with zero attached hydrogens (tertiary/aromatic N) is 1.